The fourth-order valence-corrected chi connectivity index (χ4v) is 0. The largest absolute Gasteiger partial charge is 0.389 e. The van der Waals surface area contributed by atoms with E-state index in [4.69, 9.17) is 9.67 Å². The first-order chi connectivity index (χ1) is 1.91. The number of hydrogen-bond acceptors (Lipinski definition) is 2. The van der Waals surface area contributed by atoms with Gasteiger partial charge in [-0.15, -0.1) is 0 Å². The summed E-state index contributed by atoms with van der Waals surface area (Å²) in [7, 11) is -0.912. The molecule has 0 rings (SSSR count). The minimum Gasteiger partial charge on any atom is -0.389 e. The second-order valence-electron chi connectivity index (χ2n) is 0.349. The first-order valence-corrected chi connectivity index (χ1v) is 2.25. The van der Waals surface area contributed by atoms with E-state index in [0.29, 0.717) is 0 Å². The summed E-state index contributed by atoms with van der Waals surface area (Å²) in [5.74, 6) is 0. The highest BCUT2D eigenvalue weighted by molar-refractivity contribution is 7.23. The third kappa shape index (κ3) is 2.19. The van der Waals surface area contributed by atoms with Crippen molar-refractivity contribution in [3.63, 3.8) is 0 Å². The molecule has 0 bridgehead atoms. The molecule has 0 aliphatic heterocycles. The molecule has 0 saturated heterocycles. The monoisotopic (exact) mass is 80.0 g/mol. The van der Waals surface area contributed by atoms with Gasteiger partial charge in [0.2, 0.25) is 0 Å². The maximum atomic E-state index is 9.13. The summed E-state index contributed by atoms with van der Waals surface area (Å²) in [5.41, 5.74) is 0. The number of rotatable bonds is 1. The van der Waals surface area contributed by atoms with Gasteiger partial charge in [0, 0.05) is 0 Å². The van der Waals surface area contributed by atoms with Crippen LogP contribution in [0.25, 0.3) is 0 Å². The molecule has 0 aliphatic carbocycles. The molecule has 2 nitrogen and oxygen atoms in total. The predicted octanol–water partition coefficient (Wildman–Crippen LogP) is -0.308. The zero-order chi connectivity index (χ0) is 3.41. The summed E-state index contributed by atoms with van der Waals surface area (Å²) < 4.78 is 9.13. The van der Waals surface area contributed by atoms with Crippen LogP contribution in [0.15, 0.2) is 0 Å². The molecule has 1 N–H and O–H groups in total. The first kappa shape index (κ1) is 4.19. The summed E-state index contributed by atoms with van der Waals surface area (Å²) in [6, 6.07) is 0. The van der Waals surface area contributed by atoms with E-state index in [-0.39, 0.29) is 6.35 Å². The van der Waals surface area contributed by atoms with Crippen LogP contribution in [0.4, 0.5) is 0 Å². The van der Waals surface area contributed by atoms with E-state index in [9.17, 15) is 0 Å². The van der Waals surface area contributed by atoms with E-state index >= 15 is 0 Å². The summed E-state index contributed by atoms with van der Waals surface area (Å²) >= 11 is 0. The van der Waals surface area contributed by atoms with E-state index in [1.165, 1.54) is 0 Å². The van der Waals surface area contributed by atoms with E-state index < -0.39 is 8.46 Å². The van der Waals surface area contributed by atoms with Crippen LogP contribution in [-0.4, -0.2) is 11.5 Å². The van der Waals surface area contributed by atoms with Gasteiger partial charge in [-0.3, -0.25) is 0 Å². The minimum atomic E-state index is -0.912. The Balaban J connectivity index is 2.30. The second-order valence-corrected chi connectivity index (χ2v) is 1.05. The Bertz CT molecular complexity index is 20.0. The Morgan fingerprint density at radius 2 is 2.25 bits per heavy atom. The van der Waals surface area contributed by atoms with Gasteiger partial charge in [-0.25, -0.2) is 0 Å². The Hall–Kier alpha value is 0.190. The van der Waals surface area contributed by atoms with Gasteiger partial charge in [-0.2, -0.15) is 0 Å². The third-order valence-corrected chi connectivity index (χ3v) is 0.224. The molecule has 0 fully saturated rings. The normalized spacial score (nSPS) is 10.2. The van der Waals surface area contributed by atoms with Crippen molar-refractivity contribution in [3.8, 4) is 0 Å². The molecule has 0 heterocycles. The lowest BCUT2D eigenvalue weighted by molar-refractivity contribution is 0.366. The molecule has 1 unspecified atom stereocenters. The average molecular weight is 80.0 g/mol. The molecule has 0 radical (unpaired) electrons. The minimum absolute atomic E-state index is 0.153. The smallest absolute Gasteiger partial charge is 0.0912 e. The van der Waals surface area contributed by atoms with Gasteiger partial charge < -0.3 is 9.67 Å². The molecule has 1 atom stereocenters. The van der Waals surface area contributed by atoms with Crippen LogP contribution < -0.4 is 0 Å². The topological polar surface area (TPSA) is 37.3 Å². The molecule has 0 aromatic rings. The Morgan fingerprint density at radius 1 is 2.00 bits per heavy atom. The van der Waals surface area contributed by atoms with Crippen LogP contribution in [0.3, 0.4) is 0 Å². The van der Waals surface area contributed by atoms with Crippen LogP contribution in [0.5, 0.6) is 0 Å². The van der Waals surface area contributed by atoms with Crippen molar-refractivity contribution in [1.82, 2.24) is 0 Å². The highest BCUT2D eigenvalue weighted by atomic mass is 31.1. The van der Waals surface area contributed by atoms with Crippen molar-refractivity contribution in [2.75, 3.05) is 6.35 Å². The molecular formula is CH5O2P. The van der Waals surface area contributed by atoms with Crippen molar-refractivity contribution >= 4 is 8.46 Å². The van der Waals surface area contributed by atoms with Gasteiger partial charge in [-0.05, 0) is 0 Å². The molecule has 0 aromatic carbocycles. The molecule has 0 spiro atoms. The fraction of sp³-hybridized carbons (Fsp3) is 1.00. The zero-order valence-corrected chi connectivity index (χ0v) is 3.29. The van der Waals surface area contributed by atoms with Crippen molar-refractivity contribution in [1.29, 1.82) is 0 Å². The molecule has 0 aliphatic rings. The maximum absolute atomic E-state index is 9.13. The van der Waals surface area contributed by atoms with Gasteiger partial charge in [-0.1, -0.05) is 0 Å². The number of aliphatic hydroxyl groups excluding tert-OH is 1. The van der Waals surface area contributed by atoms with Gasteiger partial charge in [0.05, 0.1) is 14.8 Å². The van der Waals surface area contributed by atoms with Crippen LogP contribution in [0.1, 0.15) is 0 Å². The zero-order valence-electron chi connectivity index (χ0n) is 2.14. The molecule has 3 heteroatoms. The van der Waals surface area contributed by atoms with Gasteiger partial charge >= 0.3 is 0 Å². The van der Waals surface area contributed by atoms with Crippen molar-refractivity contribution < 1.29 is 9.67 Å². The van der Waals surface area contributed by atoms with Gasteiger partial charge in [0.1, 0.15) is 0 Å². The van der Waals surface area contributed by atoms with Gasteiger partial charge in [0.25, 0.3) is 0 Å². The van der Waals surface area contributed by atoms with E-state index in [1.807, 2.05) is 0 Å². The molecule has 0 saturated carbocycles. The number of aliphatic hydroxyl groups is 1. The van der Waals surface area contributed by atoms with Crippen LogP contribution in [-0.2, 0) is 4.57 Å². The van der Waals surface area contributed by atoms with Crippen molar-refractivity contribution in [3.05, 3.63) is 0 Å². The highest BCUT2D eigenvalue weighted by Gasteiger charge is 1.50. The van der Waals surface area contributed by atoms with E-state index in [2.05, 4.69) is 0 Å². The Labute approximate surface area is 25.7 Å². The lowest BCUT2D eigenvalue weighted by atomic mass is 11.7. The first-order valence-electron chi connectivity index (χ1n) is 0.960. The van der Waals surface area contributed by atoms with Crippen LogP contribution >= 0.6 is 8.46 Å². The predicted molar refractivity (Wildman–Crippen MR) is 17.5 cm³/mol. The second kappa shape index (κ2) is 3.19. The molecule has 4 heavy (non-hydrogen) atoms. The molecular weight excluding hydrogens is 75.0 g/mol. The SMILES string of the molecule is O=[PH2]CO. The third-order valence-electron chi connectivity index (χ3n) is 0.0745. The van der Waals surface area contributed by atoms with Crippen LogP contribution in [0, 0.1) is 0 Å². The Morgan fingerprint density at radius 3 is 2.25 bits per heavy atom. The van der Waals surface area contributed by atoms with E-state index in [0.717, 1.165) is 0 Å². The van der Waals surface area contributed by atoms with Crippen molar-refractivity contribution in [2.24, 2.45) is 0 Å². The summed E-state index contributed by atoms with van der Waals surface area (Å²) in [6.07, 6.45) is -0.153. The quantitative estimate of drug-likeness (QED) is 0.439. The Kier molecular flexibility index (Phi) is 3.34. The molecule has 0 aromatic heterocycles. The lowest BCUT2D eigenvalue weighted by Gasteiger charge is -1.56. The summed E-state index contributed by atoms with van der Waals surface area (Å²) in [5, 5.41) is 7.60. The lowest BCUT2D eigenvalue weighted by Crippen LogP contribution is -1.51. The molecule has 26 valence electrons. The standard InChI is InChI=1S/CH5O2P/c2-1-4-3/h2H,1,4H2. The van der Waals surface area contributed by atoms with Crippen molar-refractivity contribution in [2.45, 2.75) is 0 Å². The molecule has 0 amide bonds. The van der Waals surface area contributed by atoms with Gasteiger partial charge in [0.15, 0.2) is 0 Å². The summed E-state index contributed by atoms with van der Waals surface area (Å²) in [4.78, 5) is 0. The average Bonchev–Trinajstić information content (AvgIpc) is 1.37. The van der Waals surface area contributed by atoms with Crippen LogP contribution in [0.2, 0.25) is 0 Å². The number of hydrogen-bond donors (Lipinski definition) is 1. The van der Waals surface area contributed by atoms with E-state index in [1.54, 1.807) is 0 Å². The summed E-state index contributed by atoms with van der Waals surface area (Å²) in [6.45, 7) is 0. The highest BCUT2D eigenvalue weighted by Crippen LogP contribution is 1.79. The maximum Gasteiger partial charge on any atom is 0.0912 e. The fourth-order valence-electron chi connectivity index (χ4n) is 0.